The number of benzene rings is 2. The summed E-state index contributed by atoms with van der Waals surface area (Å²) >= 11 is 0. The minimum atomic E-state index is -1.87. The van der Waals surface area contributed by atoms with Gasteiger partial charge in [0.25, 0.3) is 0 Å². The van der Waals surface area contributed by atoms with Crippen molar-refractivity contribution in [3.05, 3.63) is 65.7 Å². The molecule has 0 aromatic heterocycles. The molecule has 104 valence electrons. The normalized spacial score (nSPS) is 12.1. The second-order valence-corrected chi connectivity index (χ2v) is 5.69. The van der Waals surface area contributed by atoms with E-state index in [9.17, 15) is 17.8 Å². The van der Waals surface area contributed by atoms with Gasteiger partial charge >= 0.3 is 0 Å². The maximum absolute atomic E-state index is 13.4. The molecule has 0 fully saturated rings. The standard InChI is InChI=1S/C15H12F2O2S/c16-12-6-7-14(17)15(9-12)20(19)10-13(18)8-11-4-2-1-3-5-11/h1-7,9H,8,10H2. The zero-order chi connectivity index (χ0) is 14.5. The van der Waals surface area contributed by atoms with Crippen LogP contribution in [0.5, 0.6) is 0 Å². The van der Waals surface area contributed by atoms with E-state index >= 15 is 0 Å². The van der Waals surface area contributed by atoms with Gasteiger partial charge in [0, 0.05) is 6.42 Å². The molecule has 2 nitrogen and oxygen atoms in total. The van der Waals surface area contributed by atoms with Gasteiger partial charge in [-0.2, -0.15) is 0 Å². The second-order valence-electron chi connectivity index (χ2n) is 4.27. The van der Waals surface area contributed by atoms with E-state index in [4.69, 9.17) is 0 Å². The third-order valence-electron chi connectivity index (χ3n) is 2.67. The van der Waals surface area contributed by atoms with Crippen LogP contribution in [-0.4, -0.2) is 15.7 Å². The fourth-order valence-electron chi connectivity index (χ4n) is 1.75. The Balaban J connectivity index is 2.04. The number of carbonyl (C=O) groups is 1. The fourth-order valence-corrected chi connectivity index (χ4v) is 2.83. The van der Waals surface area contributed by atoms with Crippen molar-refractivity contribution >= 4 is 16.6 Å². The molecule has 0 saturated heterocycles. The predicted molar refractivity (Wildman–Crippen MR) is 72.8 cm³/mol. The first kappa shape index (κ1) is 14.5. The third kappa shape index (κ3) is 3.81. The van der Waals surface area contributed by atoms with Crippen molar-refractivity contribution < 1.29 is 17.8 Å². The van der Waals surface area contributed by atoms with Crippen LogP contribution >= 0.6 is 0 Å². The Hall–Kier alpha value is -1.88. The van der Waals surface area contributed by atoms with Crippen LogP contribution in [0.15, 0.2) is 53.4 Å². The van der Waals surface area contributed by atoms with Crippen molar-refractivity contribution in [3.8, 4) is 0 Å². The molecule has 0 amide bonds. The summed E-state index contributed by atoms with van der Waals surface area (Å²) in [4.78, 5) is 11.5. The van der Waals surface area contributed by atoms with Gasteiger partial charge in [0.05, 0.1) is 21.4 Å². The quantitative estimate of drug-likeness (QED) is 0.849. The first-order valence-electron chi connectivity index (χ1n) is 5.95. The number of rotatable bonds is 5. The topological polar surface area (TPSA) is 34.1 Å². The number of Topliss-reactive ketones (excluding diaryl/α,β-unsaturated/α-hetero) is 1. The van der Waals surface area contributed by atoms with E-state index in [1.54, 1.807) is 24.3 Å². The molecule has 0 aliphatic rings. The number of hydrogen-bond donors (Lipinski definition) is 0. The van der Waals surface area contributed by atoms with E-state index in [1.807, 2.05) is 6.07 Å². The zero-order valence-electron chi connectivity index (χ0n) is 10.5. The maximum atomic E-state index is 13.4. The van der Waals surface area contributed by atoms with Crippen molar-refractivity contribution in [2.45, 2.75) is 11.3 Å². The highest BCUT2D eigenvalue weighted by Gasteiger charge is 2.15. The molecule has 0 aliphatic carbocycles. The Labute approximate surface area is 117 Å². The Kier molecular flexibility index (Phi) is 4.74. The van der Waals surface area contributed by atoms with Crippen molar-refractivity contribution in [1.29, 1.82) is 0 Å². The Morgan fingerprint density at radius 3 is 2.45 bits per heavy atom. The first-order valence-corrected chi connectivity index (χ1v) is 7.27. The summed E-state index contributed by atoms with van der Waals surface area (Å²) in [5.74, 6) is -2.05. The Bertz CT molecular complexity index is 642. The van der Waals surface area contributed by atoms with Crippen molar-refractivity contribution in [2.24, 2.45) is 0 Å². The molecule has 0 spiro atoms. The van der Waals surface area contributed by atoms with Crippen LogP contribution in [0.1, 0.15) is 5.56 Å². The van der Waals surface area contributed by atoms with Gasteiger partial charge in [0.15, 0.2) is 0 Å². The molecule has 0 heterocycles. The van der Waals surface area contributed by atoms with Crippen molar-refractivity contribution in [2.75, 3.05) is 5.75 Å². The minimum Gasteiger partial charge on any atom is -0.298 e. The van der Waals surface area contributed by atoms with E-state index in [-0.39, 0.29) is 22.9 Å². The molecule has 1 unspecified atom stereocenters. The lowest BCUT2D eigenvalue weighted by Gasteiger charge is -2.04. The van der Waals surface area contributed by atoms with E-state index < -0.39 is 22.4 Å². The van der Waals surface area contributed by atoms with Crippen LogP contribution in [0.25, 0.3) is 0 Å². The lowest BCUT2D eigenvalue weighted by molar-refractivity contribution is -0.116. The van der Waals surface area contributed by atoms with Gasteiger partial charge in [-0.15, -0.1) is 0 Å². The summed E-state index contributed by atoms with van der Waals surface area (Å²) < 4.78 is 38.3. The zero-order valence-corrected chi connectivity index (χ0v) is 11.3. The molecule has 0 bridgehead atoms. The van der Waals surface area contributed by atoms with Gasteiger partial charge < -0.3 is 0 Å². The Morgan fingerprint density at radius 1 is 1.05 bits per heavy atom. The molecule has 0 aliphatic heterocycles. The van der Waals surface area contributed by atoms with E-state index in [0.29, 0.717) is 0 Å². The smallest absolute Gasteiger partial charge is 0.150 e. The first-order chi connectivity index (χ1) is 9.56. The highest BCUT2D eigenvalue weighted by atomic mass is 32.2. The number of hydrogen-bond acceptors (Lipinski definition) is 2. The highest BCUT2D eigenvalue weighted by Crippen LogP contribution is 2.15. The lowest BCUT2D eigenvalue weighted by atomic mass is 10.1. The molecular weight excluding hydrogens is 282 g/mol. The van der Waals surface area contributed by atoms with Crippen molar-refractivity contribution in [3.63, 3.8) is 0 Å². The molecule has 0 N–H and O–H groups in total. The molecule has 2 rings (SSSR count). The molecular formula is C15H12F2O2S. The summed E-state index contributed by atoms with van der Waals surface area (Å²) in [6.07, 6.45) is 0.128. The van der Waals surface area contributed by atoms with Gasteiger partial charge in [0.2, 0.25) is 0 Å². The SMILES string of the molecule is O=C(Cc1ccccc1)CS(=O)c1cc(F)ccc1F. The third-order valence-corrected chi connectivity index (χ3v) is 4.06. The molecule has 0 radical (unpaired) electrons. The molecule has 1 atom stereocenters. The second kappa shape index (κ2) is 6.52. The summed E-state index contributed by atoms with van der Waals surface area (Å²) in [6, 6.07) is 11.7. The van der Waals surface area contributed by atoms with Gasteiger partial charge in [-0.1, -0.05) is 30.3 Å². The summed E-state index contributed by atoms with van der Waals surface area (Å²) in [6.45, 7) is 0. The fraction of sp³-hybridized carbons (Fsp3) is 0.133. The maximum Gasteiger partial charge on any atom is 0.150 e. The number of halogens is 2. The van der Waals surface area contributed by atoms with Gasteiger partial charge in [-0.3, -0.25) is 9.00 Å². The number of carbonyl (C=O) groups excluding carboxylic acids is 1. The predicted octanol–water partition coefficient (Wildman–Crippen LogP) is 2.88. The average molecular weight is 294 g/mol. The Morgan fingerprint density at radius 2 is 1.75 bits per heavy atom. The van der Waals surface area contributed by atoms with Crippen LogP contribution < -0.4 is 0 Å². The molecule has 0 saturated carbocycles. The highest BCUT2D eigenvalue weighted by molar-refractivity contribution is 7.85. The van der Waals surface area contributed by atoms with E-state index in [0.717, 1.165) is 23.8 Å². The van der Waals surface area contributed by atoms with E-state index in [2.05, 4.69) is 0 Å². The largest absolute Gasteiger partial charge is 0.298 e. The van der Waals surface area contributed by atoms with Crippen LogP contribution in [0.3, 0.4) is 0 Å². The van der Waals surface area contributed by atoms with Gasteiger partial charge in [-0.25, -0.2) is 8.78 Å². The van der Waals surface area contributed by atoms with Crippen LogP contribution in [-0.2, 0) is 22.0 Å². The lowest BCUT2D eigenvalue weighted by Crippen LogP contribution is -2.14. The average Bonchev–Trinajstić information content (AvgIpc) is 2.42. The van der Waals surface area contributed by atoms with Gasteiger partial charge in [-0.05, 0) is 23.8 Å². The molecule has 20 heavy (non-hydrogen) atoms. The van der Waals surface area contributed by atoms with Crippen LogP contribution in [0.2, 0.25) is 0 Å². The summed E-state index contributed by atoms with van der Waals surface area (Å²) in [7, 11) is -1.87. The molecule has 2 aromatic carbocycles. The molecule has 2 aromatic rings. The number of ketones is 1. The minimum absolute atomic E-state index is 0.128. The summed E-state index contributed by atoms with van der Waals surface area (Å²) in [5, 5.41) is 0. The van der Waals surface area contributed by atoms with Gasteiger partial charge in [0.1, 0.15) is 17.4 Å². The summed E-state index contributed by atoms with van der Waals surface area (Å²) in [5.41, 5.74) is 0.800. The van der Waals surface area contributed by atoms with Crippen LogP contribution in [0.4, 0.5) is 8.78 Å². The van der Waals surface area contributed by atoms with Crippen molar-refractivity contribution in [1.82, 2.24) is 0 Å². The van der Waals surface area contributed by atoms with Crippen LogP contribution in [0, 0.1) is 11.6 Å². The monoisotopic (exact) mass is 294 g/mol. The van der Waals surface area contributed by atoms with E-state index in [1.165, 1.54) is 0 Å². The molecule has 5 heteroatoms.